The van der Waals surface area contributed by atoms with Gasteiger partial charge in [0.2, 0.25) is 0 Å². The van der Waals surface area contributed by atoms with E-state index in [0.29, 0.717) is 0 Å². The Morgan fingerprint density at radius 1 is 0.714 bits per heavy atom. The van der Waals surface area contributed by atoms with E-state index in [4.69, 9.17) is 17.2 Å². The first-order valence-corrected chi connectivity index (χ1v) is 6.49. The Kier molecular flexibility index (Phi) is 2.89. The van der Waals surface area contributed by atoms with Crippen LogP contribution in [0.3, 0.4) is 0 Å². The first kappa shape index (κ1) is 12.8. The number of hydrogen-bond donors (Lipinski definition) is 3. The molecular formula is C17H14N4. The zero-order valence-electron chi connectivity index (χ0n) is 11.3. The summed E-state index contributed by atoms with van der Waals surface area (Å²) in [7, 11) is 0. The van der Waals surface area contributed by atoms with Crippen LogP contribution in [0.5, 0.6) is 0 Å². The fraction of sp³-hybridized carbons (Fsp3) is 0. The quantitative estimate of drug-likeness (QED) is 0.521. The van der Waals surface area contributed by atoms with Gasteiger partial charge in [-0.05, 0) is 21.5 Å². The Hall–Kier alpha value is -3.19. The smallest absolute Gasteiger partial charge is 0.119 e. The lowest BCUT2D eigenvalue weighted by molar-refractivity contribution is 1.43. The summed E-state index contributed by atoms with van der Waals surface area (Å²) in [6.07, 6.45) is 0. The van der Waals surface area contributed by atoms with Crippen molar-refractivity contribution < 1.29 is 0 Å². The van der Waals surface area contributed by atoms with Gasteiger partial charge in [0, 0.05) is 10.4 Å². The molecule has 0 radical (unpaired) electrons. The lowest BCUT2D eigenvalue weighted by atomic mass is 9.97. The number of nitriles is 1. The van der Waals surface area contributed by atoms with Gasteiger partial charge in [-0.1, -0.05) is 48.5 Å². The molecule has 102 valence electrons. The lowest BCUT2D eigenvalue weighted by Gasteiger charge is -2.08. The monoisotopic (exact) mass is 274 g/mol. The van der Waals surface area contributed by atoms with Crippen molar-refractivity contribution >= 4 is 33.1 Å². The van der Waals surface area contributed by atoms with Crippen molar-refractivity contribution in [2.24, 2.45) is 17.2 Å². The van der Waals surface area contributed by atoms with Crippen LogP contribution in [0.1, 0.15) is 0 Å². The molecule has 0 saturated heterocycles. The lowest BCUT2D eigenvalue weighted by Crippen LogP contribution is -2.26. The molecule has 4 heteroatoms. The van der Waals surface area contributed by atoms with Gasteiger partial charge in [-0.3, -0.25) is 0 Å². The molecule has 3 aromatic carbocycles. The molecule has 0 aliphatic carbocycles. The van der Waals surface area contributed by atoms with Crippen molar-refractivity contribution in [3.63, 3.8) is 0 Å². The Morgan fingerprint density at radius 3 is 1.43 bits per heavy atom. The number of nitrogens with zero attached hydrogens (tertiary/aromatic N) is 1. The average molecular weight is 274 g/mol. The summed E-state index contributed by atoms with van der Waals surface area (Å²) < 4.78 is 0. The highest BCUT2D eigenvalue weighted by molar-refractivity contribution is 6.02. The van der Waals surface area contributed by atoms with Crippen molar-refractivity contribution in [2.75, 3.05) is 0 Å². The van der Waals surface area contributed by atoms with E-state index in [1.807, 2.05) is 54.6 Å². The number of rotatable bonds is 0. The van der Waals surface area contributed by atoms with E-state index in [1.165, 1.54) is 0 Å². The van der Waals surface area contributed by atoms with Gasteiger partial charge in [0.25, 0.3) is 0 Å². The standard InChI is InChI=1S/C17H14N4/c18-9-14(19)15-10-5-1-3-7-12(10)16(17(20)21)13-8-4-2-6-11(13)15/h1-8H,19-21H2. The molecule has 0 bridgehead atoms. The van der Waals surface area contributed by atoms with Crippen LogP contribution < -0.4 is 27.6 Å². The topological polar surface area (TPSA) is 102 Å². The molecule has 3 aromatic rings. The second kappa shape index (κ2) is 4.73. The van der Waals surface area contributed by atoms with Crippen LogP contribution in [0.25, 0.3) is 33.1 Å². The first-order chi connectivity index (χ1) is 10.1. The van der Waals surface area contributed by atoms with Gasteiger partial charge in [-0.2, -0.15) is 5.26 Å². The number of fused-ring (bicyclic) bond motifs is 2. The molecule has 0 fully saturated rings. The van der Waals surface area contributed by atoms with Crippen LogP contribution in [-0.2, 0) is 0 Å². The highest BCUT2D eigenvalue weighted by Gasteiger charge is 2.08. The third kappa shape index (κ3) is 1.84. The minimum Gasteiger partial charge on any atom is -0.390 e. The maximum atomic E-state index is 9.22. The van der Waals surface area contributed by atoms with Crippen LogP contribution in [0.2, 0.25) is 0 Å². The fourth-order valence-electron chi connectivity index (χ4n) is 2.79. The van der Waals surface area contributed by atoms with Crippen LogP contribution in [-0.4, -0.2) is 0 Å². The van der Waals surface area contributed by atoms with E-state index >= 15 is 0 Å². The third-order valence-corrected chi connectivity index (χ3v) is 3.61. The summed E-state index contributed by atoms with van der Waals surface area (Å²) in [6.45, 7) is 0. The van der Waals surface area contributed by atoms with E-state index < -0.39 is 0 Å². The molecule has 4 nitrogen and oxygen atoms in total. The Bertz CT molecular complexity index is 959. The van der Waals surface area contributed by atoms with Gasteiger partial charge in [0.15, 0.2) is 0 Å². The van der Waals surface area contributed by atoms with Gasteiger partial charge < -0.3 is 17.2 Å². The van der Waals surface area contributed by atoms with Gasteiger partial charge in [0.05, 0.1) is 0 Å². The maximum Gasteiger partial charge on any atom is 0.119 e. The van der Waals surface area contributed by atoms with Crippen molar-refractivity contribution in [3.8, 4) is 6.07 Å². The van der Waals surface area contributed by atoms with Crippen LogP contribution in [0, 0.1) is 11.3 Å². The van der Waals surface area contributed by atoms with E-state index in [-0.39, 0.29) is 11.5 Å². The molecule has 0 unspecified atom stereocenters. The molecule has 0 saturated carbocycles. The summed E-state index contributed by atoms with van der Waals surface area (Å²) >= 11 is 0. The average Bonchev–Trinajstić information content (AvgIpc) is 2.51. The Balaban J connectivity index is 2.89. The molecule has 6 N–H and O–H groups in total. The van der Waals surface area contributed by atoms with Gasteiger partial charge in [-0.15, -0.1) is 0 Å². The molecule has 21 heavy (non-hydrogen) atoms. The molecule has 0 spiro atoms. The second-order valence-corrected chi connectivity index (χ2v) is 4.82. The summed E-state index contributed by atoms with van der Waals surface area (Å²) in [5.41, 5.74) is 17.9. The molecule has 0 aliphatic rings. The van der Waals surface area contributed by atoms with Crippen LogP contribution in [0.15, 0.2) is 48.5 Å². The number of nitrogens with two attached hydrogens (primary N) is 3. The van der Waals surface area contributed by atoms with Crippen molar-refractivity contribution in [3.05, 3.63) is 59.0 Å². The van der Waals surface area contributed by atoms with E-state index in [2.05, 4.69) is 0 Å². The van der Waals surface area contributed by atoms with E-state index in [0.717, 1.165) is 32.0 Å². The zero-order valence-corrected chi connectivity index (χ0v) is 11.3. The molecule has 0 aliphatic heterocycles. The Labute approximate surface area is 121 Å². The predicted octanol–water partition coefficient (Wildman–Crippen LogP) is 0.567. The molecule has 0 aromatic heterocycles. The SMILES string of the molecule is N#CC(N)=c1c2ccccc2c(=C(N)N)c2ccccc12. The highest BCUT2D eigenvalue weighted by Crippen LogP contribution is 2.14. The largest absolute Gasteiger partial charge is 0.390 e. The van der Waals surface area contributed by atoms with Gasteiger partial charge in [0.1, 0.15) is 17.6 Å². The van der Waals surface area contributed by atoms with Gasteiger partial charge >= 0.3 is 0 Å². The molecule has 0 atom stereocenters. The van der Waals surface area contributed by atoms with Crippen molar-refractivity contribution in [2.45, 2.75) is 0 Å². The van der Waals surface area contributed by atoms with Crippen LogP contribution >= 0.6 is 0 Å². The Morgan fingerprint density at radius 2 is 1.10 bits per heavy atom. The summed E-state index contributed by atoms with van der Waals surface area (Å²) in [5.74, 6) is 0.254. The summed E-state index contributed by atoms with van der Waals surface area (Å²) in [5, 5.41) is 14.3. The first-order valence-electron chi connectivity index (χ1n) is 6.49. The van der Waals surface area contributed by atoms with E-state index in [1.54, 1.807) is 0 Å². The minimum absolute atomic E-state index is 0.185. The second-order valence-electron chi connectivity index (χ2n) is 4.82. The van der Waals surface area contributed by atoms with Crippen molar-refractivity contribution in [1.82, 2.24) is 0 Å². The normalized spacial score (nSPS) is 10.4. The van der Waals surface area contributed by atoms with Gasteiger partial charge in [-0.25, -0.2) is 0 Å². The third-order valence-electron chi connectivity index (χ3n) is 3.61. The predicted molar refractivity (Wildman–Crippen MR) is 85.7 cm³/mol. The minimum atomic E-state index is 0.185. The molecular weight excluding hydrogens is 260 g/mol. The molecule has 0 amide bonds. The summed E-state index contributed by atoms with van der Waals surface area (Å²) in [4.78, 5) is 0. The number of hydrogen-bond acceptors (Lipinski definition) is 4. The highest BCUT2D eigenvalue weighted by atomic mass is 14.8. The number of benzene rings is 3. The van der Waals surface area contributed by atoms with Crippen LogP contribution in [0.4, 0.5) is 0 Å². The fourth-order valence-corrected chi connectivity index (χ4v) is 2.79. The summed E-state index contributed by atoms with van der Waals surface area (Å²) in [6, 6.07) is 17.4. The molecule has 3 rings (SSSR count). The van der Waals surface area contributed by atoms with E-state index in [9.17, 15) is 5.26 Å². The zero-order chi connectivity index (χ0) is 15.0. The molecule has 0 heterocycles. The van der Waals surface area contributed by atoms with Crippen molar-refractivity contribution in [1.29, 1.82) is 5.26 Å². The maximum absolute atomic E-state index is 9.22.